The molecular formula is C8H17NO. The highest BCUT2D eigenvalue weighted by atomic mass is 16.6. The van der Waals surface area contributed by atoms with Crippen LogP contribution < -0.4 is 5.48 Å². The molecule has 0 aromatic rings. The molecule has 0 heterocycles. The molecule has 0 saturated heterocycles. The Morgan fingerprint density at radius 2 is 2.10 bits per heavy atom. The molecule has 0 saturated carbocycles. The van der Waals surface area contributed by atoms with Gasteiger partial charge in [-0.2, -0.15) is 0 Å². The summed E-state index contributed by atoms with van der Waals surface area (Å²) in [6.45, 7) is 5.05. The first-order valence-electron chi connectivity index (χ1n) is 3.71. The Kier molecular flexibility index (Phi) is 6.55. The maximum Gasteiger partial charge on any atom is 0.0863 e. The summed E-state index contributed by atoms with van der Waals surface area (Å²) in [7, 11) is 1.76. The topological polar surface area (TPSA) is 21.3 Å². The zero-order valence-electron chi connectivity index (χ0n) is 7.05. The molecule has 60 valence electrons. The second-order valence-electron chi connectivity index (χ2n) is 2.62. The van der Waals surface area contributed by atoms with E-state index in [4.69, 9.17) is 4.84 Å². The van der Waals surface area contributed by atoms with Crippen LogP contribution >= 0.6 is 0 Å². The van der Waals surface area contributed by atoms with Crippen molar-refractivity contribution >= 4 is 0 Å². The SMILES string of the molecule is CNOC/C=C/CC(C)C. The van der Waals surface area contributed by atoms with Crippen LogP contribution in [0, 0.1) is 5.92 Å². The summed E-state index contributed by atoms with van der Waals surface area (Å²) in [5, 5.41) is 0. The van der Waals surface area contributed by atoms with Gasteiger partial charge in [-0.3, -0.25) is 4.84 Å². The number of rotatable bonds is 5. The molecule has 0 aromatic heterocycles. The van der Waals surface area contributed by atoms with Crippen molar-refractivity contribution in [2.75, 3.05) is 13.7 Å². The third-order valence-corrected chi connectivity index (χ3v) is 1.10. The Hall–Kier alpha value is -0.340. The molecule has 0 aliphatic carbocycles. The lowest BCUT2D eigenvalue weighted by atomic mass is 10.1. The molecular weight excluding hydrogens is 126 g/mol. The van der Waals surface area contributed by atoms with E-state index in [-0.39, 0.29) is 0 Å². The summed E-state index contributed by atoms with van der Waals surface area (Å²) in [6, 6.07) is 0. The second-order valence-corrected chi connectivity index (χ2v) is 2.62. The van der Waals surface area contributed by atoms with Crippen LogP contribution in [0.4, 0.5) is 0 Å². The van der Waals surface area contributed by atoms with E-state index >= 15 is 0 Å². The van der Waals surface area contributed by atoms with Gasteiger partial charge in [-0.25, -0.2) is 5.48 Å². The fraction of sp³-hybridized carbons (Fsp3) is 0.750. The quantitative estimate of drug-likeness (QED) is 0.359. The molecule has 0 radical (unpaired) electrons. The van der Waals surface area contributed by atoms with Crippen LogP contribution in [-0.2, 0) is 4.84 Å². The Bertz CT molecular complexity index is 89.3. The molecule has 2 heteroatoms. The molecule has 0 atom stereocenters. The van der Waals surface area contributed by atoms with Crippen molar-refractivity contribution in [2.24, 2.45) is 5.92 Å². The summed E-state index contributed by atoms with van der Waals surface area (Å²) in [4.78, 5) is 4.88. The minimum atomic E-state index is 0.656. The Labute approximate surface area is 63.2 Å². The Morgan fingerprint density at radius 3 is 2.60 bits per heavy atom. The molecule has 0 spiro atoms. The fourth-order valence-corrected chi connectivity index (χ4v) is 0.568. The fourth-order valence-electron chi connectivity index (χ4n) is 0.568. The van der Waals surface area contributed by atoms with Gasteiger partial charge in [0.25, 0.3) is 0 Å². The predicted molar refractivity (Wildman–Crippen MR) is 43.6 cm³/mol. The lowest BCUT2D eigenvalue weighted by Crippen LogP contribution is -2.06. The number of hydroxylamine groups is 1. The highest BCUT2D eigenvalue weighted by molar-refractivity contribution is 4.81. The Morgan fingerprint density at radius 1 is 1.40 bits per heavy atom. The number of nitrogens with one attached hydrogen (secondary N) is 1. The minimum absolute atomic E-state index is 0.656. The van der Waals surface area contributed by atoms with E-state index < -0.39 is 0 Å². The van der Waals surface area contributed by atoms with Crippen molar-refractivity contribution in [3.63, 3.8) is 0 Å². The standard InChI is InChI=1S/C8H17NO/c1-8(2)6-4-5-7-10-9-3/h4-5,8-9H,6-7H2,1-3H3/b5-4+. The maximum absolute atomic E-state index is 4.88. The van der Waals surface area contributed by atoms with E-state index in [9.17, 15) is 0 Å². The van der Waals surface area contributed by atoms with Crippen LogP contribution in [0.15, 0.2) is 12.2 Å². The molecule has 0 bridgehead atoms. The summed E-state index contributed by atoms with van der Waals surface area (Å²) >= 11 is 0. The van der Waals surface area contributed by atoms with Crippen molar-refractivity contribution in [2.45, 2.75) is 20.3 Å². The largest absolute Gasteiger partial charge is 0.298 e. The monoisotopic (exact) mass is 143 g/mol. The molecule has 0 rings (SSSR count). The van der Waals surface area contributed by atoms with Gasteiger partial charge in [0.05, 0.1) is 6.61 Å². The lowest BCUT2D eigenvalue weighted by Gasteiger charge is -1.97. The van der Waals surface area contributed by atoms with Crippen LogP contribution in [-0.4, -0.2) is 13.7 Å². The molecule has 10 heavy (non-hydrogen) atoms. The predicted octanol–water partition coefficient (Wildman–Crippen LogP) is 1.74. The van der Waals surface area contributed by atoms with Crippen LogP contribution in [0.2, 0.25) is 0 Å². The number of hydrogen-bond donors (Lipinski definition) is 1. The molecule has 2 nitrogen and oxygen atoms in total. The van der Waals surface area contributed by atoms with Crippen LogP contribution in [0.3, 0.4) is 0 Å². The van der Waals surface area contributed by atoms with Gasteiger partial charge < -0.3 is 0 Å². The first-order valence-corrected chi connectivity index (χ1v) is 3.71. The zero-order valence-corrected chi connectivity index (χ0v) is 7.05. The molecule has 0 aromatic carbocycles. The third-order valence-electron chi connectivity index (χ3n) is 1.10. The van der Waals surface area contributed by atoms with Gasteiger partial charge in [-0.1, -0.05) is 26.0 Å². The van der Waals surface area contributed by atoms with Gasteiger partial charge in [-0.05, 0) is 12.3 Å². The lowest BCUT2D eigenvalue weighted by molar-refractivity contribution is 0.0809. The molecule has 0 aliphatic rings. The van der Waals surface area contributed by atoms with E-state index in [1.54, 1.807) is 7.05 Å². The van der Waals surface area contributed by atoms with Crippen molar-refractivity contribution in [3.8, 4) is 0 Å². The van der Waals surface area contributed by atoms with Crippen molar-refractivity contribution in [1.29, 1.82) is 0 Å². The van der Waals surface area contributed by atoms with Gasteiger partial charge in [0.2, 0.25) is 0 Å². The summed E-state index contributed by atoms with van der Waals surface area (Å²) in [5.74, 6) is 0.742. The van der Waals surface area contributed by atoms with E-state index in [0.717, 1.165) is 12.3 Å². The van der Waals surface area contributed by atoms with E-state index in [1.807, 2.05) is 6.08 Å². The van der Waals surface area contributed by atoms with Crippen molar-refractivity contribution < 1.29 is 4.84 Å². The highest BCUT2D eigenvalue weighted by Gasteiger charge is 1.85. The Balaban J connectivity index is 3.04. The van der Waals surface area contributed by atoms with Gasteiger partial charge >= 0.3 is 0 Å². The first-order chi connectivity index (χ1) is 4.77. The summed E-state index contributed by atoms with van der Waals surface area (Å²) in [5.41, 5.74) is 2.60. The van der Waals surface area contributed by atoms with Crippen molar-refractivity contribution in [1.82, 2.24) is 5.48 Å². The highest BCUT2D eigenvalue weighted by Crippen LogP contribution is 1.98. The summed E-state index contributed by atoms with van der Waals surface area (Å²) in [6.07, 6.45) is 5.30. The molecule has 0 fully saturated rings. The van der Waals surface area contributed by atoms with Crippen molar-refractivity contribution in [3.05, 3.63) is 12.2 Å². The first kappa shape index (κ1) is 9.66. The maximum atomic E-state index is 4.88. The average Bonchev–Trinajstić information content (AvgIpc) is 1.87. The second kappa shape index (κ2) is 6.78. The van der Waals surface area contributed by atoms with Gasteiger partial charge in [0.15, 0.2) is 0 Å². The zero-order chi connectivity index (χ0) is 7.82. The number of allylic oxidation sites excluding steroid dienone is 1. The third kappa shape index (κ3) is 7.66. The van der Waals surface area contributed by atoms with Crippen LogP contribution in [0.5, 0.6) is 0 Å². The van der Waals surface area contributed by atoms with E-state index in [0.29, 0.717) is 6.61 Å². The van der Waals surface area contributed by atoms with Crippen LogP contribution in [0.1, 0.15) is 20.3 Å². The van der Waals surface area contributed by atoms with E-state index in [1.165, 1.54) is 0 Å². The van der Waals surface area contributed by atoms with Gasteiger partial charge in [0, 0.05) is 7.05 Å². The normalized spacial score (nSPS) is 11.6. The molecule has 1 N–H and O–H groups in total. The minimum Gasteiger partial charge on any atom is -0.298 e. The average molecular weight is 143 g/mol. The number of hydrogen-bond acceptors (Lipinski definition) is 2. The van der Waals surface area contributed by atoms with Crippen LogP contribution in [0.25, 0.3) is 0 Å². The molecule has 0 amide bonds. The summed E-state index contributed by atoms with van der Waals surface area (Å²) < 4.78 is 0. The van der Waals surface area contributed by atoms with Gasteiger partial charge in [-0.15, -0.1) is 0 Å². The molecule has 0 unspecified atom stereocenters. The van der Waals surface area contributed by atoms with E-state index in [2.05, 4.69) is 25.4 Å². The smallest absolute Gasteiger partial charge is 0.0863 e. The van der Waals surface area contributed by atoms with Gasteiger partial charge in [0.1, 0.15) is 0 Å². The molecule has 0 aliphatic heterocycles.